The second-order valence-corrected chi connectivity index (χ2v) is 4.23. The second kappa shape index (κ2) is 4.35. The fourth-order valence-electron chi connectivity index (χ4n) is 2.09. The third kappa shape index (κ3) is 1.73. The van der Waals surface area contributed by atoms with Crippen LogP contribution in [0, 0.1) is 0 Å². The van der Waals surface area contributed by atoms with Crippen molar-refractivity contribution in [2.75, 3.05) is 12.3 Å². The number of imidazole rings is 1. The molecule has 1 fully saturated rings. The number of nitrogens with two attached hydrogens (primary N) is 1. The minimum absolute atomic E-state index is 0.107. The molecule has 0 saturated carbocycles. The summed E-state index contributed by atoms with van der Waals surface area (Å²) < 4.78 is 6.76. The first kappa shape index (κ1) is 12.2. The van der Waals surface area contributed by atoms with Gasteiger partial charge < -0.3 is 25.8 Å². The first-order chi connectivity index (χ1) is 9.13. The molecule has 0 aromatic carbocycles. The molecule has 3 heterocycles. The molecule has 1 saturated heterocycles. The molecule has 102 valence electrons. The van der Waals surface area contributed by atoms with Gasteiger partial charge in [0.2, 0.25) is 0 Å². The summed E-state index contributed by atoms with van der Waals surface area (Å²) in [6, 6.07) is 0. The second-order valence-electron chi connectivity index (χ2n) is 4.23. The molecule has 10 nitrogen and oxygen atoms in total. The fraction of sp³-hybridized carbons (Fsp3) is 0.556. The van der Waals surface area contributed by atoms with Crippen molar-refractivity contribution < 1.29 is 20.1 Å². The summed E-state index contributed by atoms with van der Waals surface area (Å²) in [6.07, 6.45) is -2.85. The highest BCUT2D eigenvalue weighted by molar-refractivity contribution is 5.80. The number of aromatic nitrogens is 5. The topological polar surface area (TPSA) is 152 Å². The summed E-state index contributed by atoms with van der Waals surface area (Å²) in [5.74, 6) is 0.107. The number of rotatable bonds is 2. The highest BCUT2D eigenvalue weighted by atomic mass is 16.6. The number of anilines is 1. The van der Waals surface area contributed by atoms with Crippen molar-refractivity contribution >= 4 is 17.0 Å². The standard InChI is InChI=1S/C9H12N6O4/c10-7-4-8(13-14-12-7)15(2-11-4)9-6(18)5(17)3(1-16)19-9/h2-3,5-6,9,16-18H,1H2,(H2,10,12,13)/t3-,5+,6-,9+/m0/s1. The zero-order valence-corrected chi connectivity index (χ0v) is 9.66. The van der Waals surface area contributed by atoms with E-state index in [2.05, 4.69) is 20.4 Å². The Balaban J connectivity index is 2.04. The Bertz CT molecular complexity index is 603. The van der Waals surface area contributed by atoms with E-state index in [4.69, 9.17) is 15.6 Å². The lowest BCUT2D eigenvalue weighted by Crippen LogP contribution is -2.33. The predicted octanol–water partition coefficient (Wildman–Crippen LogP) is -2.58. The number of aliphatic hydroxyl groups is 3. The normalized spacial score (nSPS) is 31.1. The molecule has 4 atom stereocenters. The molecular formula is C9H12N6O4. The number of aliphatic hydroxyl groups excluding tert-OH is 3. The lowest BCUT2D eigenvalue weighted by molar-refractivity contribution is -0.0511. The summed E-state index contributed by atoms with van der Waals surface area (Å²) in [6.45, 7) is -0.406. The number of nitrogen functional groups attached to an aromatic ring is 1. The van der Waals surface area contributed by atoms with Gasteiger partial charge in [-0.15, -0.1) is 10.2 Å². The van der Waals surface area contributed by atoms with Crippen molar-refractivity contribution in [3.8, 4) is 0 Å². The van der Waals surface area contributed by atoms with E-state index in [1.807, 2.05) is 0 Å². The Morgan fingerprint density at radius 1 is 1.32 bits per heavy atom. The van der Waals surface area contributed by atoms with Gasteiger partial charge in [0.25, 0.3) is 0 Å². The minimum Gasteiger partial charge on any atom is -0.394 e. The van der Waals surface area contributed by atoms with Crippen LogP contribution in [0.2, 0.25) is 0 Å². The maximum absolute atomic E-state index is 9.93. The van der Waals surface area contributed by atoms with Crippen LogP contribution in [0.1, 0.15) is 6.23 Å². The van der Waals surface area contributed by atoms with Gasteiger partial charge in [-0.3, -0.25) is 4.57 Å². The Morgan fingerprint density at radius 2 is 2.11 bits per heavy atom. The molecule has 5 N–H and O–H groups in total. The highest BCUT2D eigenvalue weighted by Crippen LogP contribution is 2.31. The lowest BCUT2D eigenvalue weighted by atomic mass is 10.1. The van der Waals surface area contributed by atoms with E-state index in [9.17, 15) is 10.2 Å². The molecule has 0 radical (unpaired) electrons. The van der Waals surface area contributed by atoms with Gasteiger partial charge in [-0.1, -0.05) is 0 Å². The van der Waals surface area contributed by atoms with E-state index in [1.54, 1.807) is 0 Å². The summed E-state index contributed by atoms with van der Waals surface area (Å²) in [5.41, 5.74) is 6.21. The molecule has 1 aliphatic rings. The van der Waals surface area contributed by atoms with Crippen LogP contribution in [0.25, 0.3) is 11.2 Å². The van der Waals surface area contributed by atoms with Crippen molar-refractivity contribution in [3.05, 3.63) is 6.33 Å². The van der Waals surface area contributed by atoms with Crippen molar-refractivity contribution in [3.63, 3.8) is 0 Å². The van der Waals surface area contributed by atoms with Gasteiger partial charge in [0.15, 0.2) is 23.2 Å². The third-order valence-corrected chi connectivity index (χ3v) is 3.09. The van der Waals surface area contributed by atoms with Crippen LogP contribution < -0.4 is 5.73 Å². The highest BCUT2D eigenvalue weighted by Gasteiger charge is 2.44. The monoisotopic (exact) mass is 268 g/mol. The van der Waals surface area contributed by atoms with Crippen LogP contribution in [0.15, 0.2) is 6.33 Å². The average Bonchev–Trinajstić information content (AvgIpc) is 2.94. The van der Waals surface area contributed by atoms with E-state index in [0.717, 1.165) is 0 Å². The zero-order chi connectivity index (χ0) is 13.6. The van der Waals surface area contributed by atoms with Gasteiger partial charge in [0, 0.05) is 0 Å². The molecule has 0 aliphatic carbocycles. The lowest BCUT2D eigenvalue weighted by Gasteiger charge is -2.15. The number of ether oxygens (including phenoxy) is 1. The molecule has 2 aromatic heterocycles. The number of hydrogen-bond donors (Lipinski definition) is 4. The summed E-state index contributed by atoms with van der Waals surface area (Å²) >= 11 is 0. The van der Waals surface area contributed by atoms with Crippen LogP contribution in [0.3, 0.4) is 0 Å². The predicted molar refractivity (Wildman–Crippen MR) is 60.5 cm³/mol. The molecule has 0 unspecified atom stereocenters. The van der Waals surface area contributed by atoms with Crippen LogP contribution in [0.5, 0.6) is 0 Å². The first-order valence-corrected chi connectivity index (χ1v) is 5.57. The summed E-state index contributed by atoms with van der Waals surface area (Å²) in [4.78, 5) is 4.01. The Labute approximate surface area is 106 Å². The fourth-order valence-corrected chi connectivity index (χ4v) is 2.09. The zero-order valence-electron chi connectivity index (χ0n) is 9.66. The number of nitrogens with zero attached hydrogens (tertiary/aromatic N) is 5. The van der Waals surface area contributed by atoms with E-state index in [-0.39, 0.29) is 11.5 Å². The molecule has 0 bridgehead atoms. The van der Waals surface area contributed by atoms with Gasteiger partial charge in [0.1, 0.15) is 18.3 Å². The molecule has 2 aromatic rings. The minimum atomic E-state index is -1.22. The quantitative estimate of drug-likeness (QED) is 0.459. The van der Waals surface area contributed by atoms with Crippen molar-refractivity contribution in [2.24, 2.45) is 0 Å². The largest absolute Gasteiger partial charge is 0.394 e. The maximum Gasteiger partial charge on any atom is 0.190 e. The van der Waals surface area contributed by atoms with Crippen molar-refractivity contribution in [1.29, 1.82) is 0 Å². The Kier molecular flexibility index (Phi) is 2.78. The first-order valence-electron chi connectivity index (χ1n) is 5.57. The molecule has 19 heavy (non-hydrogen) atoms. The third-order valence-electron chi connectivity index (χ3n) is 3.09. The van der Waals surface area contributed by atoms with Gasteiger partial charge in [-0.2, -0.15) is 0 Å². The average molecular weight is 268 g/mol. The molecule has 1 aliphatic heterocycles. The molecule has 10 heteroatoms. The molecule has 0 amide bonds. The van der Waals surface area contributed by atoms with Crippen LogP contribution in [-0.4, -0.2) is 65.2 Å². The van der Waals surface area contributed by atoms with E-state index in [1.165, 1.54) is 10.9 Å². The van der Waals surface area contributed by atoms with Gasteiger partial charge >= 0.3 is 0 Å². The van der Waals surface area contributed by atoms with Gasteiger partial charge in [-0.25, -0.2) is 4.98 Å². The van der Waals surface area contributed by atoms with Crippen molar-refractivity contribution in [2.45, 2.75) is 24.5 Å². The van der Waals surface area contributed by atoms with Crippen LogP contribution >= 0.6 is 0 Å². The summed E-state index contributed by atoms with van der Waals surface area (Å²) in [7, 11) is 0. The Hall–Kier alpha value is -1.88. The number of fused-ring (bicyclic) bond motifs is 1. The van der Waals surface area contributed by atoms with E-state index >= 15 is 0 Å². The molecule has 0 spiro atoms. The van der Waals surface area contributed by atoms with E-state index < -0.39 is 31.1 Å². The SMILES string of the molecule is Nc1nnnc2c1ncn2[C@@H]1O[C@@H](CO)[C@@H](O)[C@@H]1O. The Morgan fingerprint density at radius 3 is 2.79 bits per heavy atom. The van der Waals surface area contributed by atoms with E-state index in [0.29, 0.717) is 5.52 Å². The van der Waals surface area contributed by atoms with Gasteiger partial charge in [0.05, 0.1) is 12.9 Å². The number of hydrogen-bond acceptors (Lipinski definition) is 9. The smallest absolute Gasteiger partial charge is 0.190 e. The summed E-state index contributed by atoms with van der Waals surface area (Å²) in [5, 5.41) is 39.5. The van der Waals surface area contributed by atoms with Crippen molar-refractivity contribution in [1.82, 2.24) is 25.0 Å². The maximum atomic E-state index is 9.93. The van der Waals surface area contributed by atoms with Crippen LogP contribution in [0.4, 0.5) is 5.82 Å². The van der Waals surface area contributed by atoms with Crippen LogP contribution in [-0.2, 0) is 4.74 Å². The molecular weight excluding hydrogens is 256 g/mol. The molecule has 3 rings (SSSR count). The van der Waals surface area contributed by atoms with Gasteiger partial charge in [-0.05, 0) is 5.21 Å².